The number of allylic oxidation sites excluding steroid dienone is 1. The van der Waals surface area contributed by atoms with Gasteiger partial charge in [-0.25, -0.2) is 4.79 Å². The predicted octanol–water partition coefficient (Wildman–Crippen LogP) is 8.66. The molecular weight excluding hydrogens is 472 g/mol. The van der Waals surface area contributed by atoms with Crippen molar-refractivity contribution >= 4 is 5.97 Å². The van der Waals surface area contributed by atoms with Crippen LogP contribution >= 0.6 is 0 Å². The van der Waals surface area contributed by atoms with Crippen molar-refractivity contribution < 1.29 is 19.7 Å². The average Bonchev–Trinajstić information content (AvgIpc) is 3.20. The van der Waals surface area contributed by atoms with Crippen LogP contribution in [-0.4, -0.2) is 22.3 Å². The second-order valence-corrected chi connectivity index (χ2v) is 14.3. The van der Waals surface area contributed by atoms with Crippen LogP contribution in [0.2, 0.25) is 0 Å². The summed E-state index contributed by atoms with van der Waals surface area (Å²) in [5, 5.41) is 19.5. The average molecular weight is 523 g/mol. The third kappa shape index (κ3) is 5.02. The van der Waals surface area contributed by atoms with Crippen LogP contribution in [0.5, 0.6) is 11.5 Å². The van der Waals surface area contributed by atoms with E-state index in [0.29, 0.717) is 5.41 Å². The Balaban J connectivity index is 1.25. The van der Waals surface area contributed by atoms with Crippen molar-refractivity contribution in [2.75, 3.05) is 0 Å². The van der Waals surface area contributed by atoms with E-state index in [1.165, 1.54) is 75.1 Å². The number of aromatic hydroxyl groups is 2. The van der Waals surface area contributed by atoms with Gasteiger partial charge < -0.3 is 14.9 Å². The summed E-state index contributed by atoms with van der Waals surface area (Å²) in [5.74, 6) is 4.20. The van der Waals surface area contributed by atoms with Crippen molar-refractivity contribution in [2.24, 2.45) is 46.3 Å². The Morgan fingerprint density at radius 1 is 0.974 bits per heavy atom. The van der Waals surface area contributed by atoms with E-state index in [9.17, 15) is 15.0 Å². The molecule has 1 aromatic carbocycles. The molecule has 0 radical (unpaired) electrons. The summed E-state index contributed by atoms with van der Waals surface area (Å²) in [6.07, 6.45) is 16.0. The highest BCUT2D eigenvalue weighted by Gasteiger charge is 2.59. The Morgan fingerprint density at radius 2 is 1.71 bits per heavy atom. The van der Waals surface area contributed by atoms with Gasteiger partial charge in [0.25, 0.3) is 0 Å². The molecule has 0 saturated heterocycles. The highest BCUT2D eigenvalue weighted by molar-refractivity contribution is 5.90. The fourth-order valence-corrected chi connectivity index (χ4v) is 9.69. The highest BCUT2D eigenvalue weighted by atomic mass is 16.5. The molecule has 0 unspecified atom stereocenters. The van der Waals surface area contributed by atoms with Crippen LogP contribution in [0.3, 0.4) is 0 Å². The molecule has 0 bridgehead atoms. The van der Waals surface area contributed by atoms with E-state index in [2.05, 4.69) is 40.7 Å². The van der Waals surface area contributed by atoms with Gasteiger partial charge >= 0.3 is 5.97 Å². The van der Waals surface area contributed by atoms with Crippen LogP contribution in [0.1, 0.15) is 116 Å². The predicted molar refractivity (Wildman–Crippen MR) is 152 cm³/mol. The van der Waals surface area contributed by atoms with Crippen molar-refractivity contribution in [1.29, 1.82) is 0 Å². The maximum Gasteiger partial charge on any atom is 0.338 e. The van der Waals surface area contributed by atoms with E-state index in [1.54, 1.807) is 0 Å². The van der Waals surface area contributed by atoms with Crippen molar-refractivity contribution in [3.8, 4) is 11.5 Å². The Morgan fingerprint density at radius 3 is 2.42 bits per heavy atom. The van der Waals surface area contributed by atoms with Gasteiger partial charge in [-0.1, -0.05) is 65.5 Å². The fraction of sp³-hybridized carbons (Fsp3) is 0.735. The number of phenolic OH excluding ortho intramolecular Hbond substituents is 2. The molecule has 4 heteroatoms. The quantitative estimate of drug-likeness (QED) is 0.278. The largest absolute Gasteiger partial charge is 0.508 e. The number of esters is 1. The van der Waals surface area contributed by atoms with Gasteiger partial charge in [-0.05, 0) is 103 Å². The lowest BCUT2D eigenvalue weighted by molar-refractivity contribution is -0.0594. The van der Waals surface area contributed by atoms with Crippen LogP contribution in [0.4, 0.5) is 0 Å². The van der Waals surface area contributed by atoms with Crippen LogP contribution in [0.25, 0.3) is 0 Å². The molecule has 4 aliphatic rings. The second kappa shape index (κ2) is 10.5. The number of carbonyl (C=O) groups excluding carboxylic acids is 1. The van der Waals surface area contributed by atoms with E-state index in [0.717, 1.165) is 54.8 Å². The summed E-state index contributed by atoms with van der Waals surface area (Å²) < 4.78 is 5.89. The van der Waals surface area contributed by atoms with E-state index in [1.807, 2.05) is 0 Å². The van der Waals surface area contributed by atoms with Crippen LogP contribution in [0.15, 0.2) is 29.8 Å². The molecule has 0 aliphatic heterocycles. The van der Waals surface area contributed by atoms with Crippen LogP contribution < -0.4 is 0 Å². The normalized spacial score (nSPS) is 37.1. The van der Waals surface area contributed by atoms with Crippen molar-refractivity contribution in [2.45, 2.75) is 111 Å². The molecule has 210 valence electrons. The lowest BCUT2D eigenvalue weighted by Gasteiger charge is -2.58. The number of rotatable bonds is 7. The Kier molecular flexibility index (Phi) is 7.66. The lowest BCUT2D eigenvalue weighted by Crippen LogP contribution is -2.51. The molecule has 0 amide bonds. The molecule has 3 fully saturated rings. The summed E-state index contributed by atoms with van der Waals surface area (Å²) in [4.78, 5) is 12.8. The monoisotopic (exact) mass is 522 g/mol. The standard InChI is InChI=1S/C34H50O4/c1-21(2)7-6-8-22(3)29-11-12-30-28-10-9-24-19-27(38-32(37)23-17-25(35)20-26(36)18-23)13-15-33(24,4)31(28)14-16-34(29,30)5/h9,17-18,20-22,27-31,35-36H,6-8,10-16,19H2,1-5H3/t22-,27+,28+,29-,30+,31+,33+,34-/m1/s1. The van der Waals surface area contributed by atoms with Gasteiger partial charge in [0, 0.05) is 12.5 Å². The first-order valence-electron chi connectivity index (χ1n) is 15.4. The number of hydrogen-bond donors (Lipinski definition) is 2. The van der Waals surface area contributed by atoms with E-state index >= 15 is 0 Å². The highest BCUT2D eigenvalue weighted by Crippen LogP contribution is 2.67. The Labute approximate surface area is 230 Å². The van der Waals surface area contributed by atoms with Crippen LogP contribution in [-0.2, 0) is 4.74 Å². The van der Waals surface area contributed by atoms with Gasteiger partial charge in [-0.2, -0.15) is 0 Å². The molecule has 3 saturated carbocycles. The molecule has 0 spiro atoms. The third-order valence-corrected chi connectivity index (χ3v) is 11.7. The lowest BCUT2D eigenvalue weighted by atomic mass is 9.47. The summed E-state index contributed by atoms with van der Waals surface area (Å²) in [5.41, 5.74) is 2.42. The summed E-state index contributed by atoms with van der Waals surface area (Å²) >= 11 is 0. The molecule has 8 atom stereocenters. The first-order chi connectivity index (χ1) is 18.0. The molecule has 4 nitrogen and oxygen atoms in total. The number of hydrogen-bond acceptors (Lipinski definition) is 4. The zero-order valence-electron chi connectivity index (χ0n) is 24.3. The Hall–Kier alpha value is -1.97. The zero-order chi connectivity index (χ0) is 27.2. The topological polar surface area (TPSA) is 66.8 Å². The maximum atomic E-state index is 12.8. The van der Waals surface area contributed by atoms with E-state index in [-0.39, 0.29) is 28.6 Å². The SMILES string of the molecule is CC(C)CCC[C@@H](C)[C@H]1CC[C@H]2[C@@H]3CC=C4C[C@@H](OC(=O)c5cc(O)cc(O)c5)CC[C@]4(C)[C@H]3CC[C@]12C. The minimum absolute atomic E-state index is 0.127. The summed E-state index contributed by atoms with van der Waals surface area (Å²) in [6, 6.07) is 3.94. The van der Waals surface area contributed by atoms with Crippen LogP contribution in [0, 0.1) is 46.3 Å². The number of phenols is 2. The van der Waals surface area contributed by atoms with E-state index < -0.39 is 5.97 Å². The minimum atomic E-state index is -0.466. The third-order valence-electron chi connectivity index (χ3n) is 11.7. The molecule has 2 N–H and O–H groups in total. The smallest absolute Gasteiger partial charge is 0.338 e. The number of carbonyl (C=O) groups is 1. The van der Waals surface area contributed by atoms with Gasteiger partial charge in [-0.15, -0.1) is 0 Å². The van der Waals surface area contributed by atoms with Gasteiger partial charge in [0.05, 0.1) is 5.56 Å². The molecule has 38 heavy (non-hydrogen) atoms. The zero-order valence-corrected chi connectivity index (χ0v) is 24.3. The van der Waals surface area contributed by atoms with Crippen molar-refractivity contribution in [3.05, 3.63) is 35.4 Å². The van der Waals surface area contributed by atoms with E-state index in [4.69, 9.17) is 4.74 Å². The number of fused-ring (bicyclic) bond motifs is 5. The molecule has 0 heterocycles. The number of benzene rings is 1. The maximum absolute atomic E-state index is 12.8. The summed E-state index contributed by atoms with van der Waals surface area (Å²) in [7, 11) is 0. The first-order valence-corrected chi connectivity index (χ1v) is 15.4. The molecular formula is C34H50O4. The molecule has 0 aromatic heterocycles. The van der Waals surface area contributed by atoms with Gasteiger partial charge in [0.1, 0.15) is 17.6 Å². The summed E-state index contributed by atoms with van der Waals surface area (Å²) in [6.45, 7) is 12.4. The molecule has 4 aliphatic carbocycles. The molecule has 1 aromatic rings. The van der Waals surface area contributed by atoms with Gasteiger partial charge in [-0.3, -0.25) is 0 Å². The van der Waals surface area contributed by atoms with Gasteiger partial charge in [0.15, 0.2) is 0 Å². The second-order valence-electron chi connectivity index (χ2n) is 14.3. The van der Waals surface area contributed by atoms with Crippen molar-refractivity contribution in [1.82, 2.24) is 0 Å². The first kappa shape index (κ1) is 27.6. The fourth-order valence-electron chi connectivity index (χ4n) is 9.69. The van der Waals surface area contributed by atoms with Gasteiger partial charge in [0.2, 0.25) is 0 Å². The minimum Gasteiger partial charge on any atom is -0.508 e. The van der Waals surface area contributed by atoms with Crippen molar-refractivity contribution in [3.63, 3.8) is 0 Å². The number of ether oxygens (including phenoxy) is 1. The molecule has 5 rings (SSSR count). The Bertz CT molecular complexity index is 1040.